The fourth-order valence-corrected chi connectivity index (χ4v) is 3.87. The largest absolute Gasteiger partial charge is 0.355 e. The first-order chi connectivity index (χ1) is 9.45. The topological polar surface area (TPSA) is 78.5 Å². The standard InChI is InChI=1S/C13H27N3O3S.ClH/c1-3-14-12(2)11-15-13(17)7-6-10-20(18,19)16-8-4-5-9-16;/h12,14H,3-11H2,1-2H3,(H,15,17);1H/t12-;/m1./s1. The molecule has 1 rings (SSSR count). The lowest BCUT2D eigenvalue weighted by atomic mass is 10.3. The lowest BCUT2D eigenvalue weighted by molar-refractivity contribution is -0.121. The van der Waals surface area contributed by atoms with Gasteiger partial charge in [0, 0.05) is 32.1 Å². The zero-order valence-corrected chi connectivity index (χ0v) is 14.6. The van der Waals surface area contributed by atoms with E-state index in [-0.39, 0.29) is 36.5 Å². The van der Waals surface area contributed by atoms with E-state index in [1.165, 1.54) is 4.31 Å². The smallest absolute Gasteiger partial charge is 0.220 e. The Morgan fingerprint density at radius 1 is 1.29 bits per heavy atom. The maximum absolute atomic E-state index is 11.9. The van der Waals surface area contributed by atoms with Crippen LogP contribution in [0.1, 0.15) is 39.5 Å². The van der Waals surface area contributed by atoms with Crippen LogP contribution in [0.15, 0.2) is 0 Å². The average molecular weight is 342 g/mol. The second kappa shape index (κ2) is 10.4. The van der Waals surface area contributed by atoms with Crippen molar-refractivity contribution in [2.45, 2.75) is 45.6 Å². The number of nitrogens with zero attached hydrogens (tertiary/aromatic N) is 1. The Hall–Kier alpha value is -0.370. The summed E-state index contributed by atoms with van der Waals surface area (Å²) in [5.41, 5.74) is 0. The molecule has 0 unspecified atom stereocenters. The van der Waals surface area contributed by atoms with E-state index in [0.717, 1.165) is 19.4 Å². The highest BCUT2D eigenvalue weighted by Gasteiger charge is 2.24. The Morgan fingerprint density at radius 3 is 2.48 bits per heavy atom. The molecular weight excluding hydrogens is 314 g/mol. The summed E-state index contributed by atoms with van der Waals surface area (Å²) in [7, 11) is -3.15. The molecule has 2 N–H and O–H groups in total. The molecule has 1 aliphatic heterocycles. The summed E-state index contributed by atoms with van der Waals surface area (Å²) < 4.78 is 25.4. The van der Waals surface area contributed by atoms with E-state index in [0.29, 0.717) is 26.1 Å². The predicted molar refractivity (Wildman–Crippen MR) is 87.2 cm³/mol. The van der Waals surface area contributed by atoms with Crippen molar-refractivity contribution in [2.24, 2.45) is 0 Å². The second-order valence-electron chi connectivity index (χ2n) is 5.29. The molecule has 0 radical (unpaired) electrons. The number of amides is 1. The van der Waals surface area contributed by atoms with Gasteiger partial charge in [-0.3, -0.25) is 4.79 Å². The first-order valence-corrected chi connectivity index (χ1v) is 9.04. The molecule has 1 heterocycles. The molecule has 21 heavy (non-hydrogen) atoms. The van der Waals surface area contributed by atoms with Crippen molar-refractivity contribution in [3.05, 3.63) is 0 Å². The van der Waals surface area contributed by atoms with Gasteiger partial charge in [-0.1, -0.05) is 6.92 Å². The number of hydrogen-bond donors (Lipinski definition) is 2. The van der Waals surface area contributed by atoms with Crippen LogP contribution in [-0.4, -0.2) is 56.6 Å². The monoisotopic (exact) mass is 341 g/mol. The van der Waals surface area contributed by atoms with Gasteiger partial charge in [0.1, 0.15) is 0 Å². The van der Waals surface area contributed by atoms with Crippen molar-refractivity contribution < 1.29 is 13.2 Å². The van der Waals surface area contributed by atoms with Crippen molar-refractivity contribution in [1.82, 2.24) is 14.9 Å². The van der Waals surface area contributed by atoms with Crippen LogP contribution in [0.4, 0.5) is 0 Å². The number of carbonyl (C=O) groups excluding carboxylic acids is 1. The van der Waals surface area contributed by atoms with Crippen molar-refractivity contribution in [3.8, 4) is 0 Å². The maximum atomic E-state index is 11.9. The van der Waals surface area contributed by atoms with Gasteiger partial charge in [0.25, 0.3) is 0 Å². The molecule has 1 saturated heterocycles. The van der Waals surface area contributed by atoms with E-state index < -0.39 is 10.0 Å². The minimum Gasteiger partial charge on any atom is -0.355 e. The Kier molecular flexibility index (Phi) is 10.2. The number of carbonyl (C=O) groups is 1. The molecule has 6 nitrogen and oxygen atoms in total. The highest BCUT2D eigenvalue weighted by molar-refractivity contribution is 7.89. The quantitative estimate of drug-likeness (QED) is 0.648. The van der Waals surface area contributed by atoms with Crippen LogP contribution in [0.5, 0.6) is 0 Å². The molecular formula is C13H28ClN3O3S. The summed E-state index contributed by atoms with van der Waals surface area (Å²) in [5, 5.41) is 6.01. The third-order valence-corrected chi connectivity index (χ3v) is 5.38. The lowest BCUT2D eigenvalue weighted by Crippen LogP contribution is -2.39. The van der Waals surface area contributed by atoms with Gasteiger partial charge >= 0.3 is 0 Å². The fraction of sp³-hybridized carbons (Fsp3) is 0.923. The Labute approximate surface area is 134 Å². The molecule has 1 aliphatic rings. The third kappa shape index (κ3) is 7.99. The first-order valence-electron chi connectivity index (χ1n) is 7.43. The molecule has 0 aromatic heterocycles. The molecule has 0 bridgehead atoms. The molecule has 0 spiro atoms. The zero-order valence-electron chi connectivity index (χ0n) is 12.9. The molecule has 8 heteroatoms. The van der Waals surface area contributed by atoms with E-state index in [9.17, 15) is 13.2 Å². The van der Waals surface area contributed by atoms with Gasteiger partial charge in [0.2, 0.25) is 15.9 Å². The number of halogens is 1. The summed E-state index contributed by atoms with van der Waals surface area (Å²) in [6, 6.07) is 0.234. The molecule has 126 valence electrons. The van der Waals surface area contributed by atoms with Gasteiger partial charge in [0.05, 0.1) is 5.75 Å². The van der Waals surface area contributed by atoms with Gasteiger partial charge in [-0.05, 0) is 32.7 Å². The fourth-order valence-electron chi connectivity index (χ4n) is 2.29. The molecule has 0 aliphatic carbocycles. The van der Waals surface area contributed by atoms with Gasteiger partial charge in [-0.2, -0.15) is 0 Å². The number of rotatable bonds is 9. The van der Waals surface area contributed by atoms with E-state index in [2.05, 4.69) is 10.6 Å². The number of hydrogen-bond acceptors (Lipinski definition) is 4. The summed E-state index contributed by atoms with van der Waals surface area (Å²) in [5.74, 6) is -0.00483. The average Bonchev–Trinajstić information content (AvgIpc) is 2.91. The van der Waals surface area contributed by atoms with Crippen LogP contribution in [0.3, 0.4) is 0 Å². The Balaban J connectivity index is 0.00000400. The second-order valence-corrected chi connectivity index (χ2v) is 7.38. The predicted octanol–water partition coefficient (Wildman–Crippen LogP) is 0.728. The Morgan fingerprint density at radius 2 is 1.90 bits per heavy atom. The van der Waals surface area contributed by atoms with E-state index in [4.69, 9.17) is 0 Å². The summed E-state index contributed by atoms with van der Waals surface area (Å²) in [4.78, 5) is 11.6. The van der Waals surface area contributed by atoms with Crippen LogP contribution in [0.25, 0.3) is 0 Å². The van der Waals surface area contributed by atoms with Gasteiger partial charge in [-0.25, -0.2) is 12.7 Å². The first kappa shape index (κ1) is 20.6. The third-order valence-electron chi connectivity index (χ3n) is 3.42. The van der Waals surface area contributed by atoms with E-state index in [1.54, 1.807) is 0 Å². The SMILES string of the molecule is CCN[C@H](C)CNC(=O)CCCS(=O)(=O)N1CCCC1.Cl. The minimum absolute atomic E-state index is 0. The highest BCUT2D eigenvalue weighted by Crippen LogP contribution is 2.14. The van der Waals surface area contributed by atoms with Crippen LogP contribution >= 0.6 is 12.4 Å². The molecule has 0 aromatic carbocycles. The van der Waals surface area contributed by atoms with Gasteiger partial charge in [-0.15, -0.1) is 12.4 Å². The number of nitrogens with one attached hydrogen (secondary N) is 2. The van der Waals surface area contributed by atoms with Gasteiger partial charge in [0.15, 0.2) is 0 Å². The summed E-state index contributed by atoms with van der Waals surface area (Å²) >= 11 is 0. The molecule has 1 atom stereocenters. The summed E-state index contributed by atoms with van der Waals surface area (Å²) in [6.45, 7) is 6.73. The summed E-state index contributed by atoms with van der Waals surface area (Å²) in [6.07, 6.45) is 2.55. The van der Waals surface area contributed by atoms with E-state index in [1.807, 2.05) is 13.8 Å². The van der Waals surface area contributed by atoms with Crippen LogP contribution < -0.4 is 10.6 Å². The van der Waals surface area contributed by atoms with Gasteiger partial charge < -0.3 is 10.6 Å². The van der Waals surface area contributed by atoms with Crippen LogP contribution in [0, 0.1) is 0 Å². The van der Waals surface area contributed by atoms with Crippen molar-refractivity contribution in [1.29, 1.82) is 0 Å². The zero-order chi connectivity index (χ0) is 15.0. The Bertz CT molecular complexity index is 397. The molecule has 1 amide bonds. The van der Waals surface area contributed by atoms with E-state index >= 15 is 0 Å². The van der Waals surface area contributed by atoms with Crippen LogP contribution in [-0.2, 0) is 14.8 Å². The molecule has 1 fully saturated rings. The van der Waals surface area contributed by atoms with Crippen LogP contribution in [0.2, 0.25) is 0 Å². The van der Waals surface area contributed by atoms with Crippen molar-refractivity contribution >= 4 is 28.3 Å². The van der Waals surface area contributed by atoms with Crippen molar-refractivity contribution in [3.63, 3.8) is 0 Å². The molecule has 0 saturated carbocycles. The van der Waals surface area contributed by atoms with Crippen molar-refractivity contribution in [2.75, 3.05) is 31.9 Å². The minimum atomic E-state index is -3.15. The molecule has 0 aromatic rings. The number of sulfonamides is 1. The number of likely N-dealkylation sites (N-methyl/N-ethyl adjacent to an activating group) is 1. The normalized spacial score (nSPS) is 17.2. The maximum Gasteiger partial charge on any atom is 0.220 e. The lowest BCUT2D eigenvalue weighted by Gasteiger charge is -2.15. The highest BCUT2D eigenvalue weighted by atomic mass is 35.5.